The Morgan fingerprint density at radius 2 is 1.12 bits per heavy atom. The molecule has 0 rings (SSSR count). The van der Waals surface area contributed by atoms with E-state index in [1.807, 2.05) is 0 Å². The number of amides is 2. The summed E-state index contributed by atoms with van der Waals surface area (Å²) in [6, 6.07) is 0. The van der Waals surface area contributed by atoms with Crippen LogP contribution in [0.15, 0.2) is 0 Å². The van der Waals surface area contributed by atoms with E-state index in [2.05, 4.69) is 10.6 Å². The molecule has 0 spiro atoms. The first-order valence-electron chi connectivity index (χ1n) is 5.56. The first kappa shape index (κ1) is 15.3. The van der Waals surface area contributed by atoms with Crippen LogP contribution in [-0.2, 0) is 19.2 Å². The van der Waals surface area contributed by atoms with Crippen molar-refractivity contribution < 1.29 is 19.2 Å². The van der Waals surface area contributed by atoms with Gasteiger partial charge in [-0.3, -0.25) is 19.2 Å². The third-order valence-electron chi connectivity index (χ3n) is 2.08. The average molecular weight is 242 g/mol. The molecule has 0 atom stereocenters. The Morgan fingerprint density at radius 3 is 1.41 bits per heavy atom. The molecule has 96 valence electrons. The van der Waals surface area contributed by atoms with Gasteiger partial charge in [0.25, 0.3) is 0 Å². The van der Waals surface area contributed by atoms with Crippen LogP contribution in [0.2, 0.25) is 0 Å². The van der Waals surface area contributed by atoms with E-state index in [1.54, 1.807) is 13.8 Å². The van der Waals surface area contributed by atoms with Crippen LogP contribution >= 0.6 is 0 Å². The molecule has 0 aliphatic rings. The highest BCUT2D eigenvalue weighted by molar-refractivity contribution is 5.99. The summed E-state index contributed by atoms with van der Waals surface area (Å²) in [6.45, 7) is 3.27. The van der Waals surface area contributed by atoms with Gasteiger partial charge >= 0.3 is 0 Å². The fourth-order valence-corrected chi connectivity index (χ4v) is 0.915. The first-order chi connectivity index (χ1) is 7.99. The minimum atomic E-state index is -0.520. The minimum absolute atomic E-state index is 0.0590. The highest BCUT2D eigenvalue weighted by Gasteiger charge is 2.10. The van der Waals surface area contributed by atoms with E-state index in [0.29, 0.717) is 12.8 Å². The van der Waals surface area contributed by atoms with Gasteiger partial charge in [0, 0.05) is 12.8 Å². The number of hydrogen-bond acceptors (Lipinski definition) is 4. The molecule has 6 nitrogen and oxygen atoms in total. The van der Waals surface area contributed by atoms with Gasteiger partial charge < -0.3 is 10.6 Å². The molecule has 0 aromatic heterocycles. The molecule has 2 N–H and O–H groups in total. The van der Waals surface area contributed by atoms with Crippen molar-refractivity contribution in [2.45, 2.75) is 33.1 Å². The van der Waals surface area contributed by atoms with Gasteiger partial charge in [-0.1, -0.05) is 13.8 Å². The van der Waals surface area contributed by atoms with E-state index in [1.165, 1.54) is 0 Å². The fourth-order valence-electron chi connectivity index (χ4n) is 0.915. The van der Waals surface area contributed by atoms with Crippen LogP contribution in [0.4, 0.5) is 0 Å². The standard InChI is InChI=1S/C11H18N2O4/c1-3-8(14)6-12-10(16)5-11(17)13-7-9(15)4-2/h3-7H2,1-2H3,(H,12,16)(H,13,17). The second-order valence-electron chi connectivity index (χ2n) is 3.51. The zero-order chi connectivity index (χ0) is 13.3. The number of rotatable bonds is 8. The molecule has 2 amide bonds. The molecule has 0 fully saturated rings. The number of carbonyl (C=O) groups excluding carboxylic acids is 4. The summed E-state index contributed by atoms with van der Waals surface area (Å²) in [5.41, 5.74) is 0. The average Bonchev–Trinajstić information content (AvgIpc) is 2.32. The van der Waals surface area contributed by atoms with E-state index in [4.69, 9.17) is 0 Å². The topological polar surface area (TPSA) is 92.3 Å². The van der Waals surface area contributed by atoms with Crippen LogP contribution in [0.3, 0.4) is 0 Å². The number of carbonyl (C=O) groups is 4. The van der Waals surface area contributed by atoms with Gasteiger partial charge in [-0.25, -0.2) is 0 Å². The third-order valence-corrected chi connectivity index (χ3v) is 2.08. The second-order valence-corrected chi connectivity index (χ2v) is 3.51. The third kappa shape index (κ3) is 8.12. The SMILES string of the molecule is CCC(=O)CNC(=O)CC(=O)NCC(=O)CC. The lowest BCUT2D eigenvalue weighted by Gasteiger charge is -2.04. The Balaban J connectivity index is 3.77. The lowest BCUT2D eigenvalue weighted by molar-refractivity contribution is -0.131. The normalized spacial score (nSPS) is 9.53. The van der Waals surface area contributed by atoms with Gasteiger partial charge in [0.15, 0.2) is 11.6 Å². The molecular weight excluding hydrogens is 224 g/mol. The Bertz CT molecular complexity index is 283. The summed E-state index contributed by atoms with van der Waals surface area (Å²) in [6.07, 6.45) is 0.322. The van der Waals surface area contributed by atoms with Crippen molar-refractivity contribution in [2.75, 3.05) is 13.1 Å². The minimum Gasteiger partial charge on any atom is -0.349 e. The van der Waals surface area contributed by atoms with Crippen molar-refractivity contribution in [3.05, 3.63) is 0 Å². The molecule has 0 saturated heterocycles. The van der Waals surface area contributed by atoms with Gasteiger partial charge in [0.2, 0.25) is 11.8 Å². The van der Waals surface area contributed by atoms with Gasteiger partial charge in [-0.05, 0) is 0 Å². The van der Waals surface area contributed by atoms with E-state index in [-0.39, 0.29) is 31.1 Å². The van der Waals surface area contributed by atoms with Crippen molar-refractivity contribution in [3.63, 3.8) is 0 Å². The predicted molar refractivity (Wildman–Crippen MR) is 61.2 cm³/mol. The van der Waals surface area contributed by atoms with Gasteiger partial charge in [0.05, 0.1) is 13.1 Å². The van der Waals surface area contributed by atoms with Crippen molar-refractivity contribution >= 4 is 23.4 Å². The van der Waals surface area contributed by atoms with Crippen molar-refractivity contribution in [1.29, 1.82) is 0 Å². The molecule has 6 heteroatoms. The maximum Gasteiger partial charge on any atom is 0.229 e. The van der Waals surface area contributed by atoms with E-state index >= 15 is 0 Å². The van der Waals surface area contributed by atoms with E-state index in [9.17, 15) is 19.2 Å². The summed E-state index contributed by atoms with van der Waals surface area (Å²) in [4.78, 5) is 44.1. The summed E-state index contributed by atoms with van der Waals surface area (Å²) < 4.78 is 0. The number of ketones is 2. The van der Waals surface area contributed by atoms with Crippen LogP contribution < -0.4 is 10.6 Å². The summed E-state index contributed by atoms with van der Waals surface area (Å²) >= 11 is 0. The van der Waals surface area contributed by atoms with Crippen LogP contribution in [-0.4, -0.2) is 36.5 Å². The highest BCUT2D eigenvalue weighted by Crippen LogP contribution is 1.84. The van der Waals surface area contributed by atoms with Gasteiger partial charge in [0.1, 0.15) is 6.42 Å². The van der Waals surface area contributed by atoms with Crippen LogP contribution in [0.25, 0.3) is 0 Å². The predicted octanol–water partition coefficient (Wildman–Crippen LogP) is -0.433. The number of hydrogen-bond donors (Lipinski definition) is 2. The molecule has 0 aromatic carbocycles. The largest absolute Gasteiger partial charge is 0.349 e. The lowest BCUT2D eigenvalue weighted by atomic mass is 10.3. The summed E-state index contributed by atoms with van der Waals surface area (Å²) in [7, 11) is 0. The van der Waals surface area contributed by atoms with Crippen molar-refractivity contribution in [1.82, 2.24) is 10.6 Å². The fraction of sp³-hybridized carbons (Fsp3) is 0.636. The quantitative estimate of drug-likeness (QED) is 0.565. The molecular formula is C11H18N2O4. The van der Waals surface area contributed by atoms with Crippen LogP contribution in [0.1, 0.15) is 33.1 Å². The van der Waals surface area contributed by atoms with Gasteiger partial charge in [-0.15, -0.1) is 0 Å². The van der Waals surface area contributed by atoms with Crippen molar-refractivity contribution in [3.8, 4) is 0 Å². The second kappa shape index (κ2) is 8.43. The zero-order valence-electron chi connectivity index (χ0n) is 10.2. The molecule has 0 radical (unpaired) electrons. The molecule has 0 bridgehead atoms. The van der Waals surface area contributed by atoms with E-state index in [0.717, 1.165) is 0 Å². The molecule has 0 saturated carbocycles. The molecule has 0 heterocycles. The lowest BCUT2D eigenvalue weighted by Crippen LogP contribution is -2.36. The molecule has 17 heavy (non-hydrogen) atoms. The molecule has 0 unspecified atom stereocenters. The van der Waals surface area contributed by atoms with Crippen LogP contribution in [0.5, 0.6) is 0 Å². The summed E-state index contributed by atoms with van der Waals surface area (Å²) in [5.74, 6) is -1.23. The van der Waals surface area contributed by atoms with Crippen molar-refractivity contribution in [2.24, 2.45) is 0 Å². The Morgan fingerprint density at radius 1 is 0.765 bits per heavy atom. The number of Topliss-reactive ketones (excluding diaryl/α,β-unsaturated/α-hetero) is 2. The molecule has 0 aromatic rings. The first-order valence-corrected chi connectivity index (χ1v) is 5.56. The smallest absolute Gasteiger partial charge is 0.229 e. The maximum absolute atomic E-state index is 11.2. The monoisotopic (exact) mass is 242 g/mol. The molecule has 0 aliphatic carbocycles. The Kier molecular flexibility index (Phi) is 7.58. The van der Waals surface area contributed by atoms with Crippen LogP contribution in [0, 0.1) is 0 Å². The highest BCUT2D eigenvalue weighted by atomic mass is 16.2. The number of nitrogens with one attached hydrogen (secondary N) is 2. The Hall–Kier alpha value is -1.72. The Labute approximate surface area is 100 Å². The molecule has 0 aliphatic heterocycles. The van der Waals surface area contributed by atoms with E-state index < -0.39 is 11.8 Å². The zero-order valence-corrected chi connectivity index (χ0v) is 10.2. The maximum atomic E-state index is 11.2. The van der Waals surface area contributed by atoms with Gasteiger partial charge in [-0.2, -0.15) is 0 Å². The summed E-state index contributed by atoms with van der Waals surface area (Å²) in [5, 5.41) is 4.66.